The lowest BCUT2D eigenvalue weighted by molar-refractivity contribution is 0.640. The van der Waals surface area contributed by atoms with Crippen LogP contribution >= 0.6 is 11.6 Å². The highest BCUT2D eigenvalue weighted by Crippen LogP contribution is 2.26. The van der Waals surface area contributed by atoms with E-state index in [2.05, 4.69) is 16.9 Å². The normalized spacial score (nSPS) is 10.7. The van der Waals surface area contributed by atoms with Gasteiger partial charge in [0.05, 0.1) is 11.4 Å². The number of hydrogen-bond donors (Lipinski definition) is 1. The predicted octanol–water partition coefficient (Wildman–Crippen LogP) is 3.08. The Morgan fingerprint density at radius 3 is 2.53 bits per heavy atom. The van der Waals surface area contributed by atoms with Gasteiger partial charge in [0.25, 0.3) is 0 Å². The maximum Gasteiger partial charge on any atom is 0.150 e. The molecule has 2 aromatic rings. The van der Waals surface area contributed by atoms with Gasteiger partial charge >= 0.3 is 0 Å². The molecule has 0 unspecified atom stereocenters. The molecule has 0 saturated heterocycles. The van der Waals surface area contributed by atoms with Gasteiger partial charge < -0.3 is 10.6 Å². The Morgan fingerprint density at radius 2 is 1.95 bits per heavy atom. The minimum atomic E-state index is 0.748. The summed E-state index contributed by atoms with van der Waals surface area (Å²) in [5, 5.41) is 5.18. The maximum atomic E-state index is 6.11. The van der Waals surface area contributed by atoms with Crippen molar-refractivity contribution >= 4 is 23.1 Å². The molecule has 2 N–H and O–H groups in total. The van der Waals surface area contributed by atoms with Gasteiger partial charge in [-0.05, 0) is 31.5 Å². The van der Waals surface area contributed by atoms with Crippen molar-refractivity contribution in [2.24, 2.45) is 0 Å². The van der Waals surface area contributed by atoms with Gasteiger partial charge in [-0.1, -0.05) is 23.7 Å². The lowest BCUT2D eigenvalue weighted by Gasteiger charge is -2.21. The molecule has 19 heavy (non-hydrogen) atoms. The maximum absolute atomic E-state index is 6.11. The van der Waals surface area contributed by atoms with Crippen molar-refractivity contribution in [3.8, 4) is 0 Å². The van der Waals surface area contributed by atoms with Crippen LogP contribution in [0.3, 0.4) is 0 Å². The van der Waals surface area contributed by atoms with Crippen molar-refractivity contribution in [1.29, 1.82) is 0 Å². The van der Waals surface area contributed by atoms with Gasteiger partial charge in [0, 0.05) is 25.2 Å². The second-order valence-corrected chi connectivity index (χ2v) is 5.06. The minimum Gasteiger partial charge on any atom is -0.394 e. The molecule has 0 amide bonds. The predicted molar refractivity (Wildman–Crippen MR) is 80.6 cm³/mol. The van der Waals surface area contributed by atoms with Gasteiger partial charge in [0.1, 0.15) is 0 Å². The van der Waals surface area contributed by atoms with Crippen LogP contribution in [0.2, 0.25) is 5.02 Å². The number of nitrogens with two attached hydrogens (primary N) is 1. The third-order valence-electron chi connectivity index (χ3n) is 3.14. The smallest absolute Gasteiger partial charge is 0.150 e. The van der Waals surface area contributed by atoms with E-state index in [1.54, 1.807) is 0 Å². The van der Waals surface area contributed by atoms with E-state index in [1.165, 1.54) is 5.56 Å². The van der Waals surface area contributed by atoms with E-state index in [-0.39, 0.29) is 0 Å². The van der Waals surface area contributed by atoms with Crippen LogP contribution in [-0.4, -0.2) is 16.8 Å². The molecule has 0 aliphatic carbocycles. The molecule has 0 aliphatic rings. The molecule has 1 heterocycles. The molecule has 0 radical (unpaired) electrons. The highest BCUT2D eigenvalue weighted by molar-refractivity contribution is 6.30. The van der Waals surface area contributed by atoms with Gasteiger partial charge in [-0.25, -0.2) is 4.68 Å². The molecule has 0 fully saturated rings. The number of anilines is 2. The Hall–Kier alpha value is -1.68. The largest absolute Gasteiger partial charge is 0.394 e. The van der Waals surface area contributed by atoms with E-state index < -0.39 is 0 Å². The zero-order chi connectivity index (χ0) is 14.0. The van der Waals surface area contributed by atoms with Crippen molar-refractivity contribution in [1.82, 2.24) is 9.78 Å². The Balaban J connectivity index is 2.24. The van der Waals surface area contributed by atoms with Crippen LogP contribution < -0.4 is 10.6 Å². The van der Waals surface area contributed by atoms with Crippen molar-refractivity contribution in [3.63, 3.8) is 0 Å². The minimum absolute atomic E-state index is 0.748. The van der Waals surface area contributed by atoms with Crippen molar-refractivity contribution in [3.05, 3.63) is 40.5 Å². The Kier molecular flexibility index (Phi) is 4.00. The molecule has 1 aromatic heterocycles. The molecular formula is C14H19ClN4. The summed E-state index contributed by atoms with van der Waals surface area (Å²) in [5.41, 5.74) is 8.92. The molecule has 0 bridgehead atoms. The highest BCUT2D eigenvalue weighted by Gasteiger charge is 2.15. The summed E-state index contributed by atoms with van der Waals surface area (Å²) in [4.78, 5) is 2.11. The molecule has 4 nitrogen and oxygen atoms in total. The summed E-state index contributed by atoms with van der Waals surface area (Å²) < 4.78 is 1.93. The summed E-state index contributed by atoms with van der Waals surface area (Å²) in [6.45, 7) is 5.57. The first-order chi connectivity index (χ1) is 9.02. The fraction of sp³-hybridized carbons (Fsp3) is 0.357. The van der Waals surface area contributed by atoms with E-state index in [4.69, 9.17) is 17.3 Å². The lowest BCUT2D eigenvalue weighted by atomic mass is 10.2. The van der Waals surface area contributed by atoms with Gasteiger partial charge in [-0.2, -0.15) is 5.10 Å². The second-order valence-electron chi connectivity index (χ2n) is 4.62. The molecule has 102 valence electrons. The number of hydrogen-bond acceptors (Lipinski definition) is 3. The number of nitrogens with zero attached hydrogens (tertiary/aromatic N) is 3. The molecule has 0 aliphatic heterocycles. The Labute approximate surface area is 118 Å². The number of nitrogen functional groups attached to an aromatic ring is 1. The van der Waals surface area contributed by atoms with Crippen molar-refractivity contribution in [2.75, 3.05) is 17.7 Å². The van der Waals surface area contributed by atoms with E-state index in [0.717, 1.165) is 35.3 Å². The third kappa shape index (κ3) is 2.84. The third-order valence-corrected chi connectivity index (χ3v) is 3.39. The van der Waals surface area contributed by atoms with Gasteiger partial charge in [-0.15, -0.1) is 0 Å². The molecule has 1 aromatic carbocycles. The van der Waals surface area contributed by atoms with E-state index in [9.17, 15) is 0 Å². The standard InChI is InChI=1S/C14H19ClN4/c1-4-19-14(13(16)10(2)17-19)18(3)9-11-5-7-12(15)8-6-11/h5-8H,4,9,16H2,1-3H3. The monoisotopic (exact) mass is 278 g/mol. The van der Waals surface area contributed by atoms with Gasteiger partial charge in [0.2, 0.25) is 0 Å². The first-order valence-corrected chi connectivity index (χ1v) is 6.69. The Morgan fingerprint density at radius 1 is 1.32 bits per heavy atom. The van der Waals surface area contributed by atoms with Gasteiger partial charge in [-0.3, -0.25) is 0 Å². The number of aromatic nitrogens is 2. The quantitative estimate of drug-likeness (QED) is 0.935. The molecular weight excluding hydrogens is 260 g/mol. The fourth-order valence-corrected chi connectivity index (χ4v) is 2.27. The summed E-state index contributed by atoms with van der Waals surface area (Å²) in [5.74, 6) is 0.968. The van der Waals surface area contributed by atoms with E-state index >= 15 is 0 Å². The zero-order valence-corrected chi connectivity index (χ0v) is 12.3. The number of aryl methyl sites for hydroxylation is 2. The van der Waals surface area contributed by atoms with Crippen LogP contribution in [0.5, 0.6) is 0 Å². The lowest BCUT2D eigenvalue weighted by Crippen LogP contribution is -2.21. The average molecular weight is 279 g/mol. The topological polar surface area (TPSA) is 47.1 Å². The second kappa shape index (κ2) is 5.53. The Bertz CT molecular complexity index is 560. The summed E-state index contributed by atoms with van der Waals surface area (Å²) >= 11 is 5.89. The van der Waals surface area contributed by atoms with Crippen LogP contribution in [-0.2, 0) is 13.1 Å². The van der Waals surface area contributed by atoms with E-state index in [1.807, 2.05) is 42.9 Å². The van der Waals surface area contributed by atoms with Crippen molar-refractivity contribution in [2.45, 2.75) is 26.9 Å². The van der Waals surface area contributed by atoms with E-state index in [0.29, 0.717) is 0 Å². The average Bonchev–Trinajstić information content (AvgIpc) is 2.68. The molecule has 0 spiro atoms. The molecule has 0 atom stereocenters. The molecule has 5 heteroatoms. The van der Waals surface area contributed by atoms with Crippen molar-refractivity contribution < 1.29 is 0 Å². The molecule has 2 rings (SSSR count). The SMILES string of the molecule is CCn1nc(C)c(N)c1N(C)Cc1ccc(Cl)cc1. The van der Waals surface area contributed by atoms with Crippen LogP contribution in [0.15, 0.2) is 24.3 Å². The van der Waals surface area contributed by atoms with Crippen LogP contribution in [0, 0.1) is 6.92 Å². The summed E-state index contributed by atoms with van der Waals surface area (Å²) in [7, 11) is 2.02. The zero-order valence-electron chi connectivity index (χ0n) is 11.5. The van der Waals surface area contributed by atoms with Crippen LogP contribution in [0.4, 0.5) is 11.5 Å². The fourth-order valence-electron chi connectivity index (χ4n) is 2.14. The molecule has 0 saturated carbocycles. The summed E-state index contributed by atoms with van der Waals surface area (Å²) in [6.07, 6.45) is 0. The van der Waals surface area contributed by atoms with Crippen LogP contribution in [0.1, 0.15) is 18.2 Å². The first kappa shape index (κ1) is 13.7. The number of benzene rings is 1. The van der Waals surface area contributed by atoms with Gasteiger partial charge in [0.15, 0.2) is 5.82 Å². The highest BCUT2D eigenvalue weighted by atomic mass is 35.5. The number of halogens is 1. The van der Waals surface area contributed by atoms with Crippen LogP contribution in [0.25, 0.3) is 0 Å². The summed E-state index contributed by atoms with van der Waals surface area (Å²) in [6, 6.07) is 7.84. The number of rotatable bonds is 4. The first-order valence-electron chi connectivity index (χ1n) is 6.31.